The van der Waals surface area contributed by atoms with E-state index in [4.69, 9.17) is 9.47 Å². The fraction of sp³-hybridized carbons (Fsp3) is 0.800. The third-order valence-electron chi connectivity index (χ3n) is 4.17. The normalized spacial score (nSPS) is 13.7. The number of hydrogen-bond acceptors (Lipinski definition) is 4. The van der Waals surface area contributed by atoms with E-state index in [-0.39, 0.29) is 0 Å². The lowest BCUT2D eigenvalue weighted by molar-refractivity contribution is -0.140. The number of carbonyl (C=O) groups excluding carboxylic acids is 2. The van der Waals surface area contributed by atoms with Crippen molar-refractivity contribution in [1.82, 2.24) is 0 Å². The van der Waals surface area contributed by atoms with Crippen LogP contribution in [-0.2, 0) is 19.1 Å². The Morgan fingerprint density at radius 3 is 1.46 bits per heavy atom. The summed E-state index contributed by atoms with van der Waals surface area (Å²) >= 11 is 0. The fourth-order valence-electron chi connectivity index (χ4n) is 2.35. The maximum atomic E-state index is 11.5. The molecule has 0 aliphatic heterocycles. The first-order chi connectivity index (χ1) is 11.5. The molecule has 0 bridgehead atoms. The molecule has 0 radical (unpaired) electrons. The first-order valence-corrected chi connectivity index (χ1v) is 9.51. The molecule has 0 aromatic rings. The molecular weight excluding hydrogens is 304 g/mol. The number of ether oxygens (including phenoxy) is 2. The smallest absolute Gasteiger partial charge is 0.331 e. The summed E-state index contributed by atoms with van der Waals surface area (Å²) in [6, 6.07) is 0. The maximum absolute atomic E-state index is 11.5. The molecular formula is C20H36O4. The van der Waals surface area contributed by atoms with E-state index in [0.717, 1.165) is 37.8 Å². The second-order valence-corrected chi connectivity index (χ2v) is 6.74. The minimum absolute atomic E-state index is 0.401. The van der Waals surface area contributed by atoms with Crippen LogP contribution in [0, 0.1) is 11.8 Å². The summed E-state index contributed by atoms with van der Waals surface area (Å²) in [4.78, 5) is 23.1. The number of esters is 2. The predicted molar refractivity (Wildman–Crippen MR) is 97.7 cm³/mol. The zero-order chi connectivity index (χ0) is 18.2. The summed E-state index contributed by atoms with van der Waals surface area (Å²) in [5, 5.41) is 0. The lowest BCUT2D eigenvalue weighted by Crippen LogP contribution is -2.09. The van der Waals surface area contributed by atoms with Crippen molar-refractivity contribution in [2.75, 3.05) is 13.2 Å². The van der Waals surface area contributed by atoms with Crippen molar-refractivity contribution in [2.45, 2.75) is 79.1 Å². The van der Waals surface area contributed by atoms with Crippen molar-refractivity contribution < 1.29 is 19.1 Å². The van der Waals surface area contributed by atoms with Crippen LogP contribution in [0.3, 0.4) is 0 Å². The highest BCUT2D eigenvalue weighted by Gasteiger charge is 2.06. The molecule has 2 atom stereocenters. The maximum Gasteiger partial charge on any atom is 0.331 e. The third kappa shape index (κ3) is 14.3. The van der Waals surface area contributed by atoms with Crippen LogP contribution in [0.1, 0.15) is 79.1 Å². The van der Waals surface area contributed by atoms with Gasteiger partial charge in [0.25, 0.3) is 0 Å². The molecule has 0 amide bonds. The minimum Gasteiger partial charge on any atom is -0.463 e. The highest BCUT2D eigenvalue weighted by molar-refractivity contribution is 5.91. The fourth-order valence-corrected chi connectivity index (χ4v) is 2.35. The molecule has 0 aliphatic carbocycles. The largest absolute Gasteiger partial charge is 0.463 e. The summed E-state index contributed by atoms with van der Waals surface area (Å²) in [5.41, 5.74) is 0. The molecule has 0 rings (SSSR count). The summed E-state index contributed by atoms with van der Waals surface area (Å²) < 4.78 is 10.2. The Labute approximate surface area is 148 Å². The lowest BCUT2D eigenvalue weighted by atomic mass is 10.0. The second-order valence-electron chi connectivity index (χ2n) is 6.74. The first kappa shape index (κ1) is 22.7. The highest BCUT2D eigenvalue weighted by atomic mass is 16.5. The number of carbonyl (C=O) groups is 2. The average molecular weight is 341 g/mol. The van der Waals surface area contributed by atoms with Crippen LogP contribution >= 0.6 is 0 Å². The van der Waals surface area contributed by atoms with E-state index in [1.54, 1.807) is 0 Å². The number of hydrogen-bond donors (Lipinski definition) is 0. The van der Waals surface area contributed by atoms with Gasteiger partial charge in [-0.2, -0.15) is 0 Å². The van der Waals surface area contributed by atoms with Gasteiger partial charge in [0.05, 0.1) is 13.2 Å². The van der Waals surface area contributed by atoms with Crippen molar-refractivity contribution in [3.05, 3.63) is 12.2 Å². The standard InChI is InChI=1S/C20H36O4/c1-5-7-9-17(3)13-15-23-19(21)11-12-20(22)24-16-14-18(4)10-8-6-2/h11-12,17-18H,5-10,13-16H2,1-4H3/b12-11-/t17-,18-/m0/s1. The van der Waals surface area contributed by atoms with Crippen molar-refractivity contribution >= 4 is 11.9 Å². The molecule has 24 heavy (non-hydrogen) atoms. The molecule has 0 saturated heterocycles. The highest BCUT2D eigenvalue weighted by Crippen LogP contribution is 2.12. The van der Waals surface area contributed by atoms with E-state index in [0.29, 0.717) is 25.0 Å². The predicted octanol–water partition coefficient (Wildman–Crippen LogP) is 5.06. The van der Waals surface area contributed by atoms with Gasteiger partial charge in [-0.15, -0.1) is 0 Å². The molecule has 4 heteroatoms. The van der Waals surface area contributed by atoms with E-state index < -0.39 is 11.9 Å². The molecule has 4 nitrogen and oxygen atoms in total. The summed E-state index contributed by atoms with van der Waals surface area (Å²) in [5.74, 6) is 0.152. The SMILES string of the molecule is CCCC[C@H](C)CCOC(=O)/C=C\C(=O)OCC[C@@H](C)CCCC. The monoisotopic (exact) mass is 340 g/mol. The Morgan fingerprint density at radius 2 is 1.12 bits per heavy atom. The van der Waals surface area contributed by atoms with Gasteiger partial charge in [0.1, 0.15) is 0 Å². The van der Waals surface area contributed by atoms with Crippen molar-refractivity contribution in [3.63, 3.8) is 0 Å². The first-order valence-electron chi connectivity index (χ1n) is 9.51. The molecule has 0 aromatic heterocycles. The molecule has 0 N–H and O–H groups in total. The molecule has 0 fully saturated rings. The van der Waals surface area contributed by atoms with Crippen molar-refractivity contribution in [2.24, 2.45) is 11.8 Å². The van der Waals surface area contributed by atoms with E-state index in [9.17, 15) is 9.59 Å². The Kier molecular flexibility index (Phi) is 14.4. The van der Waals surface area contributed by atoms with Crippen LogP contribution in [0.4, 0.5) is 0 Å². The van der Waals surface area contributed by atoms with E-state index >= 15 is 0 Å². The van der Waals surface area contributed by atoms with Gasteiger partial charge in [-0.1, -0.05) is 66.2 Å². The van der Waals surface area contributed by atoms with E-state index in [1.807, 2.05) is 0 Å². The molecule has 0 unspecified atom stereocenters. The Balaban J connectivity index is 3.75. The van der Waals surface area contributed by atoms with Gasteiger partial charge in [0, 0.05) is 12.2 Å². The van der Waals surface area contributed by atoms with Crippen molar-refractivity contribution in [1.29, 1.82) is 0 Å². The molecule has 0 spiro atoms. The van der Waals surface area contributed by atoms with Gasteiger partial charge in [0.2, 0.25) is 0 Å². The summed E-state index contributed by atoms with van der Waals surface area (Å²) in [6.07, 6.45) is 11.1. The quantitative estimate of drug-likeness (QED) is 0.327. The van der Waals surface area contributed by atoms with Crippen LogP contribution in [0.2, 0.25) is 0 Å². The minimum atomic E-state index is -0.481. The van der Waals surface area contributed by atoms with Crippen LogP contribution in [-0.4, -0.2) is 25.2 Å². The molecule has 0 saturated carbocycles. The van der Waals surface area contributed by atoms with Gasteiger partial charge in [-0.05, 0) is 24.7 Å². The average Bonchev–Trinajstić information content (AvgIpc) is 2.56. The van der Waals surface area contributed by atoms with Crippen LogP contribution < -0.4 is 0 Å². The molecule has 0 aromatic carbocycles. The van der Waals surface area contributed by atoms with Crippen LogP contribution in [0.15, 0.2) is 12.2 Å². The molecule has 0 aliphatic rings. The second kappa shape index (κ2) is 15.2. The topological polar surface area (TPSA) is 52.6 Å². The number of rotatable bonds is 14. The van der Waals surface area contributed by atoms with Gasteiger partial charge in [0.15, 0.2) is 0 Å². The Bertz CT molecular complexity index is 329. The van der Waals surface area contributed by atoms with E-state index in [1.165, 1.54) is 25.7 Å². The Morgan fingerprint density at radius 1 is 0.750 bits per heavy atom. The zero-order valence-corrected chi connectivity index (χ0v) is 16.0. The summed E-state index contributed by atoms with van der Waals surface area (Å²) in [6.45, 7) is 9.47. The van der Waals surface area contributed by atoms with Gasteiger partial charge in [-0.25, -0.2) is 9.59 Å². The summed E-state index contributed by atoms with van der Waals surface area (Å²) in [7, 11) is 0. The molecule has 140 valence electrons. The zero-order valence-electron chi connectivity index (χ0n) is 16.0. The van der Waals surface area contributed by atoms with Crippen LogP contribution in [0.25, 0.3) is 0 Å². The third-order valence-corrected chi connectivity index (χ3v) is 4.17. The van der Waals surface area contributed by atoms with E-state index in [2.05, 4.69) is 27.7 Å². The lowest BCUT2D eigenvalue weighted by Gasteiger charge is -2.10. The molecule has 0 heterocycles. The number of unbranched alkanes of at least 4 members (excludes halogenated alkanes) is 2. The van der Waals surface area contributed by atoms with Crippen molar-refractivity contribution in [3.8, 4) is 0 Å². The Hall–Kier alpha value is -1.32. The van der Waals surface area contributed by atoms with Gasteiger partial charge in [-0.3, -0.25) is 0 Å². The van der Waals surface area contributed by atoms with Gasteiger partial charge >= 0.3 is 11.9 Å². The van der Waals surface area contributed by atoms with Crippen LogP contribution in [0.5, 0.6) is 0 Å². The van der Waals surface area contributed by atoms with Gasteiger partial charge < -0.3 is 9.47 Å².